The van der Waals surface area contributed by atoms with Crippen LogP contribution >= 0.6 is 0 Å². The van der Waals surface area contributed by atoms with Crippen LogP contribution in [0.3, 0.4) is 0 Å². The van der Waals surface area contributed by atoms with E-state index in [1.807, 2.05) is 0 Å². The van der Waals surface area contributed by atoms with Crippen molar-refractivity contribution in [2.75, 3.05) is 19.5 Å². The fourth-order valence-corrected chi connectivity index (χ4v) is 1.89. The summed E-state index contributed by atoms with van der Waals surface area (Å²) in [6, 6.07) is 6.20. The van der Waals surface area contributed by atoms with E-state index in [2.05, 4.69) is 0 Å². The average Bonchev–Trinajstić information content (AvgIpc) is 2.28. The van der Waals surface area contributed by atoms with Crippen molar-refractivity contribution in [2.24, 2.45) is 5.73 Å². The Morgan fingerprint density at radius 3 is 2.33 bits per heavy atom. The molecule has 0 aliphatic carbocycles. The minimum absolute atomic E-state index is 0.108. The molecule has 6 heteroatoms. The summed E-state index contributed by atoms with van der Waals surface area (Å²) < 4.78 is 27.9. The van der Waals surface area contributed by atoms with Crippen LogP contribution in [0.25, 0.3) is 0 Å². The highest BCUT2D eigenvalue weighted by Gasteiger charge is 2.16. The van der Waals surface area contributed by atoms with Gasteiger partial charge in [-0.25, -0.2) is 8.42 Å². The van der Waals surface area contributed by atoms with Gasteiger partial charge in [0.2, 0.25) is 0 Å². The highest BCUT2D eigenvalue weighted by atomic mass is 32.2. The Morgan fingerprint density at radius 2 is 1.89 bits per heavy atom. The zero-order chi connectivity index (χ0) is 13.8. The van der Waals surface area contributed by atoms with Crippen molar-refractivity contribution >= 4 is 9.84 Å². The number of aliphatic hydroxyl groups is 1. The normalized spacial score (nSPS) is 15.1. The number of hydrogen-bond donors (Lipinski definition) is 2. The molecule has 0 saturated heterocycles. The minimum atomic E-state index is -3.18. The van der Waals surface area contributed by atoms with Crippen LogP contribution in [0.2, 0.25) is 0 Å². The van der Waals surface area contributed by atoms with E-state index in [1.165, 1.54) is 12.1 Å². The van der Waals surface area contributed by atoms with Gasteiger partial charge in [0.05, 0.1) is 18.1 Å². The Morgan fingerprint density at radius 1 is 1.33 bits per heavy atom. The molecule has 1 unspecified atom stereocenters. The zero-order valence-corrected chi connectivity index (χ0v) is 11.4. The fourth-order valence-electron chi connectivity index (χ4n) is 1.26. The molecule has 18 heavy (non-hydrogen) atoms. The molecule has 1 aromatic rings. The molecule has 5 nitrogen and oxygen atoms in total. The molecule has 0 spiro atoms. The second-order valence-electron chi connectivity index (χ2n) is 4.65. The lowest BCUT2D eigenvalue weighted by atomic mass is 10.0. The monoisotopic (exact) mass is 273 g/mol. The van der Waals surface area contributed by atoms with Crippen molar-refractivity contribution in [3.05, 3.63) is 24.3 Å². The lowest BCUT2D eigenvalue weighted by molar-refractivity contribution is 0.175. The van der Waals surface area contributed by atoms with Crippen LogP contribution < -0.4 is 10.5 Å². The summed E-state index contributed by atoms with van der Waals surface area (Å²) >= 11 is 0. The van der Waals surface area contributed by atoms with Gasteiger partial charge < -0.3 is 15.6 Å². The average molecular weight is 273 g/mol. The molecule has 1 rings (SSSR count). The van der Waals surface area contributed by atoms with Crippen LogP contribution in [0, 0.1) is 0 Å². The summed E-state index contributed by atoms with van der Waals surface area (Å²) in [7, 11) is -3.18. The third-order valence-electron chi connectivity index (χ3n) is 2.55. The largest absolute Gasteiger partial charge is 0.494 e. The van der Waals surface area contributed by atoms with E-state index in [0.717, 1.165) is 6.26 Å². The van der Waals surface area contributed by atoms with Crippen molar-refractivity contribution in [3.63, 3.8) is 0 Å². The first-order valence-electron chi connectivity index (χ1n) is 5.57. The number of hydrogen-bond acceptors (Lipinski definition) is 5. The van der Waals surface area contributed by atoms with E-state index in [9.17, 15) is 8.42 Å². The number of ether oxygens (including phenoxy) is 1. The lowest BCUT2D eigenvalue weighted by Gasteiger charge is -2.21. The SMILES string of the molecule is CC(N)(CO)CCOc1ccc(S(C)(=O)=O)cc1. The number of sulfone groups is 1. The predicted molar refractivity (Wildman–Crippen MR) is 69.3 cm³/mol. The molecule has 0 fully saturated rings. The summed E-state index contributed by atoms with van der Waals surface area (Å²) in [4.78, 5) is 0.258. The molecular weight excluding hydrogens is 254 g/mol. The van der Waals surface area contributed by atoms with Gasteiger partial charge >= 0.3 is 0 Å². The van der Waals surface area contributed by atoms with Crippen molar-refractivity contribution < 1.29 is 18.3 Å². The van der Waals surface area contributed by atoms with Gasteiger partial charge in [0.15, 0.2) is 9.84 Å². The molecule has 0 aliphatic rings. The second-order valence-corrected chi connectivity index (χ2v) is 6.67. The number of rotatable bonds is 6. The zero-order valence-electron chi connectivity index (χ0n) is 10.6. The first-order valence-corrected chi connectivity index (χ1v) is 7.46. The van der Waals surface area contributed by atoms with Crippen LogP contribution in [-0.4, -0.2) is 38.5 Å². The van der Waals surface area contributed by atoms with E-state index in [0.29, 0.717) is 18.8 Å². The van der Waals surface area contributed by atoms with E-state index in [4.69, 9.17) is 15.6 Å². The van der Waals surface area contributed by atoms with Crippen LogP contribution in [0.4, 0.5) is 0 Å². The third-order valence-corrected chi connectivity index (χ3v) is 3.68. The van der Waals surface area contributed by atoms with Crippen LogP contribution in [-0.2, 0) is 9.84 Å². The van der Waals surface area contributed by atoms with Gasteiger partial charge in [-0.1, -0.05) is 0 Å². The number of benzene rings is 1. The van der Waals surface area contributed by atoms with Gasteiger partial charge in [0, 0.05) is 18.2 Å². The molecule has 0 radical (unpaired) electrons. The molecule has 1 aromatic carbocycles. The standard InChI is InChI=1S/C12H19NO4S/c1-12(13,9-14)7-8-17-10-3-5-11(6-4-10)18(2,15)16/h3-6,14H,7-9,13H2,1-2H3. The van der Waals surface area contributed by atoms with E-state index >= 15 is 0 Å². The van der Waals surface area contributed by atoms with Gasteiger partial charge in [-0.05, 0) is 31.2 Å². The summed E-state index contributed by atoms with van der Waals surface area (Å²) in [6.45, 7) is 2.00. The maximum Gasteiger partial charge on any atom is 0.175 e. The van der Waals surface area contributed by atoms with Gasteiger partial charge in [-0.15, -0.1) is 0 Å². The highest BCUT2D eigenvalue weighted by Crippen LogP contribution is 2.16. The summed E-state index contributed by atoms with van der Waals surface area (Å²) in [5.74, 6) is 0.580. The molecule has 0 saturated carbocycles. The van der Waals surface area contributed by atoms with Gasteiger partial charge in [0.25, 0.3) is 0 Å². The number of nitrogens with two attached hydrogens (primary N) is 1. The molecule has 3 N–H and O–H groups in total. The van der Waals surface area contributed by atoms with E-state index in [1.54, 1.807) is 19.1 Å². The summed E-state index contributed by atoms with van der Waals surface area (Å²) in [5.41, 5.74) is 5.09. The van der Waals surface area contributed by atoms with Gasteiger partial charge in [-0.2, -0.15) is 0 Å². The molecule has 102 valence electrons. The smallest absolute Gasteiger partial charge is 0.175 e. The van der Waals surface area contributed by atoms with Gasteiger partial charge in [0.1, 0.15) is 5.75 Å². The molecular formula is C12H19NO4S. The topological polar surface area (TPSA) is 89.6 Å². The molecule has 0 aliphatic heterocycles. The minimum Gasteiger partial charge on any atom is -0.494 e. The molecule has 0 aromatic heterocycles. The fraction of sp³-hybridized carbons (Fsp3) is 0.500. The molecule has 0 heterocycles. The molecule has 1 atom stereocenters. The Balaban J connectivity index is 2.55. The lowest BCUT2D eigenvalue weighted by Crippen LogP contribution is -2.41. The predicted octanol–water partition coefficient (Wildman–Crippen LogP) is 0.569. The van der Waals surface area contributed by atoms with Crippen molar-refractivity contribution in [3.8, 4) is 5.75 Å². The van der Waals surface area contributed by atoms with Crippen molar-refractivity contribution in [1.82, 2.24) is 0 Å². The van der Waals surface area contributed by atoms with Crippen LogP contribution in [0.5, 0.6) is 5.75 Å². The second kappa shape index (κ2) is 5.69. The van der Waals surface area contributed by atoms with E-state index < -0.39 is 15.4 Å². The molecule has 0 amide bonds. The highest BCUT2D eigenvalue weighted by molar-refractivity contribution is 7.90. The third kappa shape index (κ3) is 4.64. The Kier molecular flexibility index (Phi) is 4.72. The van der Waals surface area contributed by atoms with Crippen LogP contribution in [0.1, 0.15) is 13.3 Å². The Labute approximate surface area is 107 Å². The number of aliphatic hydroxyl groups excluding tert-OH is 1. The first kappa shape index (κ1) is 14.9. The summed E-state index contributed by atoms with van der Waals surface area (Å²) in [5, 5.41) is 8.97. The summed E-state index contributed by atoms with van der Waals surface area (Å²) in [6.07, 6.45) is 1.67. The van der Waals surface area contributed by atoms with Gasteiger partial charge in [-0.3, -0.25) is 0 Å². The maximum atomic E-state index is 11.2. The van der Waals surface area contributed by atoms with Crippen molar-refractivity contribution in [1.29, 1.82) is 0 Å². The van der Waals surface area contributed by atoms with Crippen molar-refractivity contribution in [2.45, 2.75) is 23.8 Å². The first-order chi connectivity index (χ1) is 8.24. The maximum absolute atomic E-state index is 11.2. The van der Waals surface area contributed by atoms with Crippen LogP contribution in [0.15, 0.2) is 29.2 Å². The Hall–Kier alpha value is -1.11. The Bertz CT molecular complexity index is 479. The quantitative estimate of drug-likeness (QED) is 0.791. The van der Waals surface area contributed by atoms with E-state index in [-0.39, 0.29) is 11.5 Å². The molecule has 0 bridgehead atoms.